The number of nitrogens with one attached hydrogen (secondary N) is 1. The van der Waals surface area contributed by atoms with Crippen LogP contribution in [0.4, 0.5) is 0 Å². The number of hydrogen-bond donors (Lipinski definition) is 4. The summed E-state index contributed by atoms with van der Waals surface area (Å²) in [5.41, 5.74) is 5.38. The van der Waals surface area contributed by atoms with Crippen LogP contribution in [-0.4, -0.2) is 16.4 Å². The number of phenolic OH excluding ortho intramolecular Hbond substituents is 1. The van der Waals surface area contributed by atoms with Crippen LogP contribution in [-0.2, 0) is 0 Å². The number of benzene rings is 1. The van der Waals surface area contributed by atoms with E-state index in [0.29, 0.717) is 0 Å². The molecule has 1 rings (SSSR count). The zero-order valence-corrected chi connectivity index (χ0v) is 9.63. The zero-order chi connectivity index (χ0) is 12.3. The van der Waals surface area contributed by atoms with Gasteiger partial charge in [-0.2, -0.15) is 0 Å². The molecule has 0 bridgehead atoms. The Bertz CT molecular complexity index is 447. The second-order valence-corrected chi connectivity index (χ2v) is 3.79. The maximum absolute atomic E-state index is 9.86. The Morgan fingerprint density at radius 3 is 2.56 bits per heavy atom. The second-order valence-electron chi connectivity index (χ2n) is 3.01. The van der Waals surface area contributed by atoms with E-state index in [-0.39, 0.29) is 26.9 Å². The Morgan fingerprint density at radius 1 is 1.44 bits per heavy atom. The van der Waals surface area contributed by atoms with E-state index >= 15 is 0 Å². The maximum Gasteiger partial charge on any atom is 0.123 e. The van der Waals surface area contributed by atoms with Crippen molar-refractivity contribution in [3.8, 4) is 5.75 Å². The summed E-state index contributed by atoms with van der Waals surface area (Å²) < 4.78 is 0. The molecule has 0 heterocycles. The van der Waals surface area contributed by atoms with E-state index in [1.165, 1.54) is 12.1 Å². The van der Waals surface area contributed by atoms with Crippen LogP contribution in [0.25, 0.3) is 0 Å². The molecule has 0 aliphatic rings. The first kappa shape index (κ1) is 12.8. The maximum atomic E-state index is 9.86. The largest absolute Gasteiger partial charge is 0.508 e. The molecule has 0 fully saturated rings. The number of aromatic hydroxyl groups is 1. The first-order valence-electron chi connectivity index (χ1n) is 4.30. The summed E-state index contributed by atoms with van der Waals surface area (Å²) >= 11 is 11.6. The Kier molecular flexibility index (Phi) is 4.18. The van der Waals surface area contributed by atoms with Crippen LogP contribution < -0.4 is 5.73 Å². The molecule has 0 aromatic heterocycles. The molecular formula is C10H10Cl2N2O2. The normalized spacial score (nSPS) is 13.6. The van der Waals surface area contributed by atoms with E-state index < -0.39 is 6.10 Å². The summed E-state index contributed by atoms with van der Waals surface area (Å²) in [6.45, 7) is 0. The standard InChI is InChI=1S/C10H10Cl2N2O2/c11-6-1-2-7(15)8(9(6)12)10(16)5(3-13)4-14/h1-4,10,13,15-16H,14H2/b5-4+,13-3?. The minimum atomic E-state index is -1.28. The Morgan fingerprint density at radius 2 is 2.06 bits per heavy atom. The van der Waals surface area contributed by atoms with Gasteiger partial charge in [-0.1, -0.05) is 23.2 Å². The van der Waals surface area contributed by atoms with Gasteiger partial charge in [-0.3, -0.25) is 0 Å². The fourth-order valence-electron chi connectivity index (χ4n) is 1.20. The molecule has 1 aromatic rings. The van der Waals surface area contributed by atoms with E-state index in [1.54, 1.807) is 0 Å². The molecule has 4 nitrogen and oxygen atoms in total. The van der Waals surface area contributed by atoms with E-state index in [1.807, 2.05) is 0 Å². The first-order chi connectivity index (χ1) is 7.52. The third-order valence-corrected chi connectivity index (χ3v) is 2.88. The molecule has 0 aliphatic carbocycles. The third kappa shape index (κ3) is 2.29. The van der Waals surface area contributed by atoms with Gasteiger partial charge in [0.1, 0.15) is 11.9 Å². The molecule has 16 heavy (non-hydrogen) atoms. The number of aliphatic hydroxyl groups is 1. The Hall–Kier alpha value is -1.23. The summed E-state index contributed by atoms with van der Waals surface area (Å²) in [5.74, 6) is -0.205. The summed E-state index contributed by atoms with van der Waals surface area (Å²) in [5, 5.41) is 26.7. The lowest BCUT2D eigenvalue weighted by molar-refractivity contribution is 0.217. The van der Waals surface area contributed by atoms with Crippen molar-refractivity contribution in [1.82, 2.24) is 0 Å². The van der Waals surface area contributed by atoms with Crippen molar-refractivity contribution in [2.45, 2.75) is 6.10 Å². The predicted octanol–water partition coefficient (Wildman–Crippen LogP) is 2.22. The molecule has 6 heteroatoms. The van der Waals surface area contributed by atoms with Crippen LogP contribution in [0.3, 0.4) is 0 Å². The van der Waals surface area contributed by atoms with E-state index in [9.17, 15) is 10.2 Å². The summed E-state index contributed by atoms with van der Waals surface area (Å²) in [4.78, 5) is 0. The number of halogens is 2. The smallest absolute Gasteiger partial charge is 0.123 e. The molecule has 0 amide bonds. The minimum absolute atomic E-state index is 0.0365. The molecule has 5 N–H and O–H groups in total. The van der Waals surface area contributed by atoms with Crippen LogP contribution in [0.15, 0.2) is 23.9 Å². The van der Waals surface area contributed by atoms with Gasteiger partial charge in [-0.05, 0) is 12.1 Å². The molecular weight excluding hydrogens is 251 g/mol. The van der Waals surface area contributed by atoms with Gasteiger partial charge in [0, 0.05) is 23.6 Å². The van der Waals surface area contributed by atoms with Crippen LogP contribution in [0.2, 0.25) is 10.0 Å². The molecule has 0 aliphatic heterocycles. The van der Waals surface area contributed by atoms with Crippen molar-refractivity contribution in [1.29, 1.82) is 5.41 Å². The van der Waals surface area contributed by atoms with Gasteiger partial charge in [0.2, 0.25) is 0 Å². The SMILES string of the molecule is N=C/C(=C\N)C(O)c1c(O)ccc(Cl)c1Cl. The lowest BCUT2D eigenvalue weighted by Gasteiger charge is -2.15. The molecule has 1 atom stereocenters. The van der Waals surface area contributed by atoms with Gasteiger partial charge in [0.25, 0.3) is 0 Å². The van der Waals surface area contributed by atoms with Crippen molar-refractivity contribution >= 4 is 29.4 Å². The third-order valence-electron chi connectivity index (χ3n) is 2.06. The van der Waals surface area contributed by atoms with Crippen LogP contribution in [0.5, 0.6) is 5.75 Å². The predicted molar refractivity (Wildman–Crippen MR) is 64.1 cm³/mol. The molecule has 86 valence electrons. The number of aliphatic hydroxyl groups excluding tert-OH is 1. The number of hydrogen-bond acceptors (Lipinski definition) is 4. The molecule has 0 saturated carbocycles. The van der Waals surface area contributed by atoms with Gasteiger partial charge in [0.15, 0.2) is 0 Å². The Labute approximate surface area is 102 Å². The van der Waals surface area contributed by atoms with Gasteiger partial charge in [-0.25, -0.2) is 0 Å². The van der Waals surface area contributed by atoms with E-state index in [2.05, 4.69) is 0 Å². The topological polar surface area (TPSA) is 90.3 Å². The molecule has 1 aromatic carbocycles. The number of nitrogens with two attached hydrogens (primary N) is 1. The van der Waals surface area contributed by atoms with Crippen molar-refractivity contribution in [3.05, 3.63) is 39.5 Å². The number of rotatable bonds is 3. The minimum Gasteiger partial charge on any atom is -0.508 e. The fourth-order valence-corrected chi connectivity index (χ4v) is 1.63. The fraction of sp³-hybridized carbons (Fsp3) is 0.100. The highest BCUT2D eigenvalue weighted by Gasteiger charge is 2.20. The van der Waals surface area contributed by atoms with Crippen molar-refractivity contribution < 1.29 is 10.2 Å². The highest BCUT2D eigenvalue weighted by atomic mass is 35.5. The Balaban J connectivity index is 3.32. The van der Waals surface area contributed by atoms with E-state index in [0.717, 1.165) is 12.4 Å². The monoisotopic (exact) mass is 260 g/mol. The van der Waals surface area contributed by atoms with Crippen molar-refractivity contribution in [3.63, 3.8) is 0 Å². The quantitative estimate of drug-likeness (QED) is 0.629. The summed E-state index contributed by atoms with van der Waals surface area (Å²) in [6.07, 6.45) is 0.657. The van der Waals surface area contributed by atoms with Crippen LogP contribution in [0, 0.1) is 5.41 Å². The highest BCUT2D eigenvalue weighted by Crippen LogP contribution is 2.38. The van der Waals surface area contributed by atoms with Crippen LogP contribution in [0.1, 0.15) is 11.7 Å². The average molecular weight is 261 g/mol. The lowest BCUT2D eigenvalue weighted by atomic mass is 10.0. The zero-order valence-electron chi connectivity index (χ0n) is 8.11. The molecule has 0 spiro atoms. The van der Waals surface area contributed by atoms with Gasteiger partial charge in [0.05, 0.1) is 10.0 Å². The van der Waals surface area contributed by atoms with E-state index in [4.69, 9.17) is 34.3 Å². The van der Waals surface area contributed by atoms with Gasteiger partial charge < -0.3 is 21.4 Å². The lowest BCUT2D eigenvalue weighted by Crippen LogP contribution is -2.06. The molecule has 1 unspecified atom stereocenters. The van der Waals surface area contributed by atoms with Gasteiger partial charge >= 0.3 is 0 Å². The van der Waals surface area contributed by atoms with Crippen LogP contribution >= 0.6 is 23.2 Å². The van der Waals surface area contributed by atoms with Crippen molar-refractivity contribution in [2.24, 2.45) is 5.73 Å². The second kappa shape index (κ2) is 5.21. The molecule has 0 radical (unpaired) electrons. The average Bonchev–Trinajstić information content (AvgIpc) is 2.26. The molecule has 0 saturated heterocycles. The van der Waals surface area contributed by atoms with Crippen molar-refractivity contribution in [2.75, 3.05) is 0 Å². The first-order valence-corrected chi connectivity index (χ1v) is 5.05. The summed E-state index contributed by atoms with van der Waals surface area (Å²) in [7, 11) is 0. The summed E-state index contributed by atoms with van der Waals surface area (Å²) in [6, 6.07) is 2.72. The highest BCUT2D eigenvalue weighted by molar-refractivity contribution is 6.42. The van der Waals surface area contributed by atoms with Gasteiger partial charge in [-0.15, -0.1) is 0 Å². The number of phenols is 1.